The molecule has 0 radical (unpaired) electrons. The molecule has 0 atom stereocenters. The van der Waals surface area contributed by atoms with E-state index in [1.165, 1.54) is 6.33 Å². The number of rotatable bonds is 9. The normalized spacial score (nSPS) is 12.7. The number of aromatic nitrogens is 4. The van der Waals surface area contributed by atoms with Crippen molar-refractivity contribution in [1.29, 1.82) is 0 Å². The van der Waals surface area contributed by atoms with Gasteiger partial charge in [0.1, 0.15) is 11.2 Å². The Hall–Kier alpha value is -4.60. The lowest BCUT2D eigenvalue weighted by Crippen LogP contribution is -2.42. The van der Waals surface area contributed by atoms with Gasteiger partial charge in [-0.25, -0.2) is 14.8 Å². The number of imidazole rings is 1. The number of fused-ring (bicyclic) bond motifs is 3. The van der Waals surface area contributed by atoms with Gasteiger partial charge < -0.3 is 19.6 Å². The number of carbonyl (C=O) groups is 1. The number of aryl methyl sites for hydroxylation is 4. The van der Waals surface area contributed by atoms with Crippen molar-refractivity contribution >= 4 is 11.5 Å². The largest absolute Gasteiger partial charge is 0.493 e. The first-order valence-electron chi connectivity index (χ1n) is 13.8. The zero-order chi connectivity index (χ0) is 29.3. The van der Waals surface area contributed by atoms with Gasteiger partial charge in [0.15, 0.2) is 17.3 Å². The Morgan fingerprint density at radius 1 is 1.12 bits per heavy atom. The van der Waals surface area contributed by atoms with Crippen molar-refractivity contribution in [3.05, 3.63) is 80.6 Å². The number of nitrogens with one attached hydrogen (secondary N) is 1. The minimum atomic E-state index is -0.320. The highest BCUT2D eigenvalue weighted by Crippen LogP contribution is 2.38. The predicted molar refractivity (Wildman–Crippen MR) is 155 cm³/mol. The van der Waals surface area contributed by atoms with Gasteiger partial charge >= 0.3 is 5.69 Å². The van der Waals surface area contributed by atoms with E-state index in [0.29, 0.717) is 43.0 Å². The zero-order valence-electron chi connectivity index (χ0n) is 24.1. The van der Waals surface area contributed by atoms with Gasteiger partial charge in [0, 0.05) is 31.1 Å². The molecule has 1 aliphatic heterocycles. The number of methoxy groups -OCH3 is 1. The molecule has 0 spiro atoms. The first-order valence-corrected chi connectivity index (χ1v) is 13.8. The lowest BCUT2D eigenvalue weighted by atomic mass is 9.97. The van der Waals surface area contributed by atoms with Gasteiger partial charge in [-0.05, 0) is 69.4 Å². The predicted octanol–water partition coefficient (Wildman–Crippen LogP) is 4.53. The Labute approximate surface area is 238 Å². The van der Waals surface area contributed by atoms with Crippen LogP contribution in [-0.2, 0) is 19.5 Å². The maximum absolute atomic E-state index is 14.0. The smallest absolute Gasteiger partial charge is 0.330 e. The zero-order valence-corrected chi connectivity index (χ0v) is 24.1. The number of ketones is 1. The Morgan fingerprint density at radius 2 is 1.88 bits per heavy atom. The van der Waals surface area contributed by atoms with E-state index in [-0.39, 0.29) is 36.0 Å². The molecule has 1 aliphatic rings. The van der Waals surface area contributed by atoms with Gasteiger partial charge in [0.2, 0.25) is 5.88 Å². The van der Waals surface area contributed by atoms with E-state index in [9.17, 15) is 14.7 Å². The van der Waals surface area contributed by atoms with Crippen LogP contribution in [0.1, 0.15) is 52.5 Å². The van der Waals surface area contributed by atoms with E-state index in [4.69, 9.17) is 14.5 Å². The van der Waals surface area contributed by atoms with Gasteiger partial charge in [-0.3, -0.25) is 13.9 Å². The van der Waals surface area contributed by atoms with E-state index in [1.54, 1.807) is 16.2 Å². The van der Waals surface area contributed by atoms with Crippen LogP contribution < -0.4 is 20.7 Å². The number of aromatic hydroxyl groups is 1. The second-order valence-corrected chi connectivity index (χ2v) is 10.3. The first-order chi connectivity index (χ1) is 19.7. The molecular weight excluding hydrogens is 522 g/mol. The molecule has 41 heavy (non-hydrogen) atoms. The summed E-state index contributed by atoms with van der Waals surface area (Å²) in [5.74, 6) is 0.694. The highest BCUT2D eigenvalue weighted by atomic mass is 16.5. The van der Waals surface area contributed by atoms with Gasteiger partial charge in [0.25, 0.3) is 0 Å². The second-order valence-electron chi connectivity index (χ2n) is 10.3. The molecule has 0 amide bonds. The van der Waals surface area contributed by atoms with E-state index < -0.39 is 0 Å². The molecule has 2 N–H and O–H groups in total. The van der Waals surface area contributed by atoms with Crippen molar-refractivity contribution < 1.29 is 19.4 Å². The fourth-order valence-corrected chi connectivity index (χ4v) is 5.55. The molecule has 0 unspecified atom stereocenters. The first kappa shape index (κ1) is 27.9. The van der Waals surface area contributed by atoms with Crippen molar-refractivity contribution in [2.75, 3.05) is 13.7 Å². The molecule has 0 aliphatic carbocycles. The van der Waals surface area contributed by atoms with E-state index >= 15 is 0 Å². The average molecular weight is 558 g/mol. The van der Waals surface area contributed by atoms with Crippen LogP contribution in [0.5, 0.6) is 17.4 Å². The summed E-state index contributed by atoms with van der Waals surface area (Å²) in [6, 6.07) is 10.0. The van der Waals surface area contributed by atoms with Crippen LogP contribution in [-0.4, -0.2) is 43.7 Å². The molecule has 10 heteroatoms. The van der Waals surface area contributed by atoms with Crippen molar-refractivity contribution in [2.45, 2.75) is 60.0 Å². The Kier molecular flexibility index (Phi) is 7.83. The molecule has 2 aromatic carbocycles. The number of hydrogen-bond donors (Lipinski definition) is 2. The monoisotopic (exact) mass is 557 g/mol. The minimum absolute atomic E-state index is 0.0740. The van der Waals surface area contributed by atoms with Crippen LogP contribution in [0.3, 0.4) is 0 Å². The van der Waals surface area contributed by atoms with Gasteiger partial charge in [-0.2, -0.15) is 0 Å². The number of H-pyrrole nitrogens is 1. The summed E-state index contributed by atoms with van der Waals surface area (Å²) < 4.78 is 14.8. The summed E-state index contributed by atoms with van der Waals surface area (Å²) in [7, 11) is 1.60. The maximum atomic E-state index is 14.0. The summed E-state index contributed by atoms with van der Waals surface area (Å²) in [5.41, 5.74) is 7.10. The topological polar surface area (TPSA) is 124 Å². The third-order valence-electron chi connectivity index (χ3n) is 7.41. The van der Waals surface area contributed by atoms with Gasteiger partial charge in [0.05, 0.1) is 31.4 Å². The second kappa shape index (κ2) is 11.5. The number of benzene rings is 2. The Morgan fingerprint density at radius 3 is 2.54 bits per heavy atom. The molecule has 2 aromatic heterocycles. The average Bonchev–Trinajstić information content (AvgIpc) is 3.37. The van der Waals surface area contributed by atoms with Crippen LogP contribution in [0, 0.1) is 20.8 Å². The third kappa shape index (κ3) is 5.41. The summed E-state index contributed by atoms with van der Waals surface area (Å²) >= 11 is 0. The maximum Gasteiger partial charge on any atom is 0.330 e. The summed E-state index contributed by atoms with van der Waals surface area (Å²) in [4.78, 5) is 38.0. The highest BCUT2D eigenvalue weighted by molar-refractivity contribution is 5.96. The molecule has 0 bridgehead atoms. The number of aromatic amines is 1. The molecule has 214 valence electrons. The van der Waals surface area contributed by atoms with Crippen molar-refractivity contribution in [1.82, 2.24) is 19.1 Å². The number of carbonyl (C=O) groups excluding carboxylic acids is 1. The lowest BCUT2D eigenvalue weighted by molar-refractivity contribution is 0.0971. The van der Waals surface area contributed by atoms with Crippen LogP contribution in [0.4, 0.5) is 5.69 Å². The van der Waals surface area contributed by atoms with Crippen LogP contribution >= 0.6 is 0 Å². The number of Topliss-reactive ketones (excluding diaryl/α,β-unsaturated/α-hetero) is 1. The number of hydrogen-bond acceptors (Lipinski definition) is 7. The standard InChI is InChI=1S/C31H35N5O5/c1-6-41-26-14-21-9-11-35-23(22(21)15-25(26)40-5)16-27(34-28-19(3)12-18(2)13-20(28)4)36(31(35)39)10-7-8-24(37)29-30(38)33-17-32-29/h12-17,38H,6-11H2,1-5H3,(H,32,33). The van der Waals surface area contributed by atoms with Gasteiger partial charge in [-0.1, -0.05) is 17.7 Å². The van der Waals surface area contributed by atoms with E-state index in [0.717, 1.165) is 39.2 Å². The van der Waals surface area contributed by atoms with Crippen molar-refractivity contribution in [3.8, 4) is 28.6 Å². The molecule has 5 rings (SSSR count). The molecule has 0 saturated carbocycles. The molecule has 10 nitrogen and oxygen atoms in total. The highest BCUT2D eigenvalue weighted by Gasteiger charge is 2.23. The minimum Gasteiger partial charge on any atom is -0.493 e. The Bertz CT molecular complexity index is 1740. The van der Waals surface area contributed by atoms with Gasteiger partial charge in [-0.15, -0.1) is 0 Å². The van der Waals surface area contributed by atoms with Crippen molar-refractivity contribution in [3.63, 3.8) is 0 Å². The fourth-order valence-electron chi connectivity index (χ4n) is 5.55. The quantitative estimate of drug-likeness (QED) is 0.292. The lowest BCUT2D eigenvalue weighted by Gasteiger charge is -2.25. The molecule has 0 saturated heterocycles. The number of ether oxygens (including phenoxy) is 2. The molecule has 0 fully saturated rings. The van der Waals surface area contributed by atoms with Crippen LogP contribution in [0.15, 0.2) is 46.4 Å². The van der Waals surface area contributed by atoms with E-state index in [1.807, 2.05) is 45.9 Å². The SMILES string of the molecule is CCOc1cc2c(cc1OC)-c1cc(=Nc3c(C)cc(C)cc3C)n(CCCC(=O)c3[nH]cnc3O)c(=O)n1CC2. The van der Waals surface area contributed by atoms with E-state index in [2.05, 4.69) is 22.1 Å². The fraction of sp³-hybridized carbons (Fsp3) is 0.355. The van der Waals surface area contributed by atoms with Crippen LogP contribution in [0.25, 0.3) is 11.3 Å². The van der Waals surface area contributed by atoms with Crippen molar-refractivity contribution in [2.24, 2.45) is 4.99 Å². The molecule has 3 heterocycles. The summed E-state index contributed by atoms with van der Waals surface area (Å²) in [6.45, 7) is 9.31. The Balaban J connectivity index is 1.63. The summed E-state index contributed by atoms with van der Waals surface area (Å²) in [5, 5.41) is 9.80. The third-order valence-corrected chi connectivity index (χ3v) is 7.41. The molecule has 4 aromatic rings. The summed E-state index contributed by atoms with van der Waals surface area (Å²) in [6.07, 6.45) is 2.45. The number of nitrogens with zero attached hydrogens (tertiary/aromatic N) is 4. The van der Waals surface area contributed by atoms with Crippen LogP contribution in [0.2, 0.25) is 0 Å². The molecular formula is C31H35N5O5.